The molecule has 1 unspecified atom stereocenters. The number of imide groups is 1. The lowest BCUT2D eigenvalue weighted by Crippen LogP contribution is -2.54. The number of urea groups is 1. The van der Waals surface area contributed by atoms with Gasteiger partial charge in [0.15, 0.2) is 0 Å². The molecule has 0 spiro atoms. The number of piperidine rings is 1. The summed E-state index contributed by atoms with van der Waals surface area (Å²) >= 11 is 0. The fourth-order valence-corrected chi connectivity index (χ4v) is 5.34. The SMILES string of the molecule is CN=C(c1ccc(C#CC2(CN3Cc4ccc(OC)cc4C3=O)NC(=O)NC2=O)cc1)C1CCN(C)CC1. The maximum atomic E-state index is 13.1. The van der Waals surface area contributed by atoms with E-state index in [4.69, 9.17) is 4.74 Å². The van der Waals surface area contributed by atoms with Crippen molar-refractivity contribution < 1.29 is 19.1 Å². The van der Waals surface area contributed by atoms with E-state index in [1.165, 1.54) is 4.90 Å². The molecular formula is C29H31N5O4. The zero-order valence-electron chi connectivity index (χ0n) is 21.8. The van der Waals surface area contributed by atoms with Crippen LogP contribution >= 0.6 is 0 Å². The van der Waals surface area contributed by atoms with Gasteiger partial charge >= 0.3 is 6.03 Å². The average Bonchev–Trinajstić information content (AvgIpc) is 3.38. The van der Waals surface area contributed by atoms with Crippen LogP contribution in [0.25, 0.3) is 0 Å². The molecule has 3 heterocycles. The molecule has 2 aromatic rings. The Bertz CT molecular complexity index is 1370. The third-order valence-electron chi connectivity index (χ3n) is 7.51. The van der Waals surface area contributed by atoms with Gasteiger partial charge in [0.05, 0.1) is 13.7 Å². The summed E-state index contributed by atoms with van der Waals surface area (Å²) < 4.78 is 5.24. The van der Waals surface area contributed by atoms with Crippen molar-refractivity contribution in [2.75, 3.05) is 40.8 Å². The maximum absolute atomic E-state index is 13.1. The van der Waals surface area contributed by atoms with Crippen molar-refractivity contribution in [1.29, 1.82) is 0 Å². The molecule has 0 aliphatic carbocycles. The van der Waals surface area contributed by atoms with Crippen molar-refractivity contribution in [3.63, 3.8) is 0 Å². The Morgan fingerprint density at radius 2 is 1.87 bits per heavy atom. The third-order valence-corrected chi connectivity index (χ3v) is 7.51. The number of benzene rings is 2. The smallest absolute Gasteiger partial charge is 0.323 e. The van der Waals surface area contributed by atoms with Crippen LogP contribution in [0.3, 0.4) is 0 Å². The van der Waals surface area contributed by atoms with E-state index >= 15 is 0 Å². The normalized spacial score (nSPS) is 22.0. The van der Waals surface area contributed by atoms with Crippen molar-refractivity contribution in [2.45, 2.75) is 24.9 Å². The standard InChI is InChI=1S/C29H31N5O4/c1-30-25(21-11-14-33(2)15-12-21)20-6-4-19(5-7-20)10-13-29(27(36)31-28(37)32-29)18-34-17-22-8-9-23(38-3)16-24(22)26(34)35/h4-9,16,21H,11-12,14-15,17-18H2,1-3H3,(H2,31,32,36,37). The highest BCUT2D eigenvalue weighted by Gasteiger charge is 2.48. The summed E-state index contributed by atoms with van der Waals surface area (Å²) in [5.41, 5.74) is 2.65. The number of carbonyl (C=O) groups is 3. The molecule has 0 saturated carbocycles. The summed E-state index contributed by atoms with van der Waals surface area (Å²) in [5, 5.41) is 4.93. The third kappa shape index (κ3) is 4.87. The Labute approximate surface area is 222 Å². The van der Waals surface area contributed by atoms with Gasteiger partial charge < -0.3 is 19.9 Å². The number of amides is 4. The fourth-order valence-electron chi connectivity index (χ4n) is 5.34. The number of nitrogens with one attached hydrogen (secondary N) is 2. The Kier molecular flexibility index (Phi) is 6.91. The second-order valence-electron chi connectivity index (χ2n) is 10.0. The topological polar surface area (TPSA) is 103 Å². The number of aliphatic imine (C=N–C) groups is 1. The van der Waals surface area contributed by atoms with E-state index in [1.807, 2.05) is 37.4 Å². The molecule has 4 amide bonds. The second kappa shape index (κ2) is 10.3. The van der Waals surface area contributed by atoms with Gasteiger partial charge in [-0.2, -0.15) is 0 Å². The van der Waals surface area contributed by atoms with E-state index in [-0.39, 0.29) is 12.5 Å². The zero-order valence-corrected chi connectivity index (χ0v) is 21.8. The minimum atomic E-state index is -1.55. The minimum Gasteiger partial charge on any atom is -0.497 e. The van der Waals surface area contributed by atoms with Crippen LogP contribution in [0.1, 0.15) is 39.9 Å². The highest BCUT2D eigenvalue weighted by Crippen LogP contribution is 2.28. The van der Waals surface area contributed by atoms with Crippen LogP contribution in [0, 0.1) is 17.8 Å². The van der Waals surface area contributed by atoms with Crippen molar-refractivity contribution >= 4 is 23.6 Å². The molecule has 1 atom stereocenters. The number of nitrogens with zero attached hydrogens (tertiary/aromatic N) is 3. The van der Waals surface area contributed by atoms with E-state index in [0.717, 1.165) is 42.8 Å². The van der Waals surface area contributed by atoms with Crippen LogP contribution in [0.5, 0.6) is 5.75 Å². The first kappa shape index (κ1) is 25.5. The zero-order chi connectivity index (χ0) is 26.9. The molecule has 196 valence electrons. The predicted octanol–water partition coefficient (Wildman–Crippen LogP) is 2.04. The summed E-state index contributed by atoms with van der Waals surface area (Å²) in [7, 11) is 5.52. The van der Waals surface area contributed by atoms with Crippen LogP contribution in [-0.2, 0) is 11.3 Å². The molecule has 3 aliphatic heterocycles. The number of ether oxygens (including phenoxy) is 1. The van der Waals surface area contributed by atoms with Crippen molar-refractivity contribution in [3.05, 3.63) is 64.7 Å². The number of rotatable bonds is 5. The average molecular weight is 514 g/mol. The monoisotopic (exact) mass is 513 g/mol. The lowest BCUT2D eigenvalue weighted by Gasteiger charge is -2.30. The molecule has 5 rings (SSSR count). The van der Waals surface area contributed by atoms with Gasteiger partial charge in [0, 0.05) is 36.3 Å². The Morgan fingerprint density at radius 3 is 2.50 bits per heavy atom. The molecule has 2 fully saturated rings. The highest BCUT2D eigenvalue weighted by atomic mass is 16.5. The lowest BCUT2D eigenvalue weighted by molar-refractivity contribution is -0.122. The molecule has 2 N–H and O–H groups in total. The van der Waals surface area contributed by atoms with Crippen LogP contribution in [0.15, 0.2) is 47.5 Å². The summed E-state index contributed by atoms with van der Waals surface area (Å²) in [6.45, 7) is 2.35. The molecule has 3 aliphatic rings. The van der Waals surface area contributed by atoms with Crippen LogP contribution in [0.2, 0.25) is 0 Å². The van der Waals surface area contributed by atoms with E-state index in [0.29, 0.717) is 29.3 Å². The Balaban J connectivity index is 1.36. The summed E-state index contributed by atoms with van der Waals surface area (Å²) in [4.78, 5) is 46.6. The molecule has 9 heteroatoms. The van der Waals surface area contributed by atoms with Gasteiger partial charge in [-0.05, 0) is 68.4 Å². The van der Waals surface area contributed by atoms with E-state index in [2.05, 4.69) is 39.4 Å². The number of carbonyl (C=O) groups excluding carboxylic acids is 3. The van der Waals surface area contributed by atoms with Crippen LogP contribution < -0.4 is 15.4 Å². The van der Waals surface area contributed by atoms with E-state index < -0.39 is 17.5 Å². The first-order chi connectivity index (χ1) is 18.3. The molecule has 0 bridgehead atoms. The van der Waals surface area contributed by atoms with Gasteiger partial charge in [0.2, 0.25) is 5.54 Å². The number of likely N-dealkylation sites (tertiary alicyclic amines) is 1. The molecule has 2 saturated heterocycles. The quantitative estimate of drug-likeness (QED) is 0.362. The Hall–Kier alpha value is -4.16. The van der Waals surface area contributed by atoms with Crippen LogP contribution in [0.4, 0.5) is 4.79 Å². The van der Waals surface area contributed by atoms with Gasteiger partial charge in [-0.15, -0.1) is 0 Å². The molecular weight excluding hydrogens is 482 g/mol. The summed E-state index contributed by atoms with van der Waals surface area (Å²) in [6, 6.07) is 12.5. The summed E-state index contributed by atoms with van der Waals surface area (Å²) in [6.07, 6.45) is 2.15. The number of fused-ring (bicyclic) bond motifs is 1. The van der Waals surface area contributed by atoms with Gasteiger partial charge in [-0.1, -0.05) is 30.0 Å². The van der Waals surface area contributed by atoms with Crippen molar-refractivity contribution in [2.24, 2.45) is 10.9 Å². The minimum absolute atomic E-state index is 0.0751. The van der Waals surface area contributed by atoms with Crippen molar-refractivity contribution in [3.8, 4) is 17.6 Å². The first-order valence-corrected chi connectivity index (χ1v) is 12.7. The maximum Gasteiger partial charge on any atom is 0.323 e. The molecule has 38 heavy (non-hydrogen) atoms. The lowest BCUT2D eigenvalue weighted by atomic mass is 9.88. The first-order valence-electron chi connectivity index (χ1n) is 12.7. The molecule has 9 nitrogen and oxygen atoms in total. The highest BCUT2D eigenvalue weighted by molar-refractivity contribution is 6.10. The van der Waals surface area contributed by atoms with Crippen molar-refractivity contribution in [1.82, 2.24) is 20.4 Å². The second-order valence-corrected chi connectivity index (χ2v) is 10.0. The Morgan fingerprint density at radius 1 is 1.13 bits per heavy atom. The van der Waals surface area contributed by atoms with E-state index in [9.17, 15) is 14.4 Å². The van der Waals surface area contributed by atoms with E-state index in [1.54, 1.807) is 19.2 Å². The van der Waals surface area contributed by atoms with Gasteiger partial charge in [0.1, 0.15) is 5.75 Å². The molecule has 0 aromatic heterocycles. The number of methoxy groups -OCH3 is 1. The number of hydrogen-bond donors (Lipinski definition) is 2. The fraction of sp³-hybridized carbons (Fsp3) is 0.379. The van der Waals surface area contributed by atoms with Crippen LogP contribution in [-0.4, -0.2) is 79.7 Å². The predicted molar refractivity (Wildman–Crippen MR) is 143 cm³/mol. The van der Waals surface area contributed by atoms with Gasteiger partial charge in [0.25, 0.3) is 11.8 Å². The largest absolute Gasteiger partial charge is 0.497 e. The number of hydrogen-bond acceptors (Lipinski definition) is 6. The summed E-state index contributed by atoms with van der Waals surface area (Å²) in [5.74, 6) is 6.21. The van der Waals surface area contributed by atoms with Gasteiger partial charge in [-0.3, -0.25) is 19.9 Å². The van der Waals surface area contributed by atoms with Gasteiger partial charge in [-0.25, -0.2) is 4.79 Å². The molecule has 2 aromatic carbocycles. The molecule has 0 radical (unpaired) electrons.